The molecule has 2 heterocycles. The van der Waals surface area contributed by atoms with Crippen LogP contribution in [0.3, 0.4) is 0 Å². The lowest BCUT2D eigenvalue weighted by molar-refractivity contribution is -0.144. The lowest BCUT2D eigenvalue weighted by Gasteiger charge is -2.32. The highest BCUT2D eigenvalue weighted by molar-refractivity contribution is 7.98. The number of hydrogen-bond donors (Lipinski definition) is 15. The summed E-state index contributed by atoms with van der Waals surface area (Å²) in [6, 6.07) is 4.51. The largest absolute Gasteiger partial charge is 0.370 e. The van der Waals surface area contributed by atoms with E-state index in [2.05, 4.69) is 47.5 Å². The quantitative estimate of drug-likeness (QED) is 0.0173. The predicted octanol–water partition coefficient (Wildman–Crippen LogP) is -3.71. The van der Waals surface area contributed by atoms with Gasteiger partial charge in [0.15, 0.2) is 5.96 Å². The molecular weight excluding hydrogens is 1250 g/mol. The Hall–Kier alpha value is -8.91. The first-order valence-electron chi connectivity index (χ1n) is 32.2. The molecule has 2 aromatic carbocycles. The van der Waals surface area contributed by atoms with Crippen LogP contribution in [-0.2, 0) is 75.2 Å². The van der Waals surface area contributed by atoms with E-state index < -0.39 is 169 Å². The van der Waals surface area contributed by atoms with E-state index in [1.165, 1.54) is 21.6 Å². The first-order valence-corrected chi connectivity index (χ1v) is 33.6. The number of aliphatic imine (C=N–C) groups is 1. The molecule has 13 amide bonds. The van der Waals surface area contributed by atoms with Crippen molar-refractivity contribution < 1.29 is 62.3 Å². The number of rotatable bonds is 42. The fourth-order valence-electron chi connectivity index (χ4n) is 11.0. The molecule has 31 nitrogen and oxygen atoms in total. The summed E-state index contributed by atoms with van der Waals surface area (Å²) >= 11 is 1.45. The number of thioether (sulfide) groups is 1. The van der Waals surface area contributed by atoms with Gasteiger partial charge in [-0.3, -0.25) is 67.3 Å². The molecule has 4 rings (SSSR count). The number of primary amides is 3. The molecule has 2 aliphatic heterocycles. The van der Waals surface area contributed by atoms with E-state index in [1.807, 2.05) is 20.1 Å². The predicted molar refractivity (Wildman–Crippen MR) is 356 cm³/mol. The minimum Gasteiger partial charge on any atom is -0.370 e. The van der Waals surface area contributed by atoms with E-state index in [9.17, 15) is 62.3 Å². The van der Waals surface area contributed by atoms with Crippen molar-refractivity contribution >= 4 is 94.5 Å². The van der Waals surface area contributed by atoms with Gasteiger partial charge in [0.05, 0.1) is 12.6 Å². The Morgan fingerprint density at radius 2 is 1.01 bits per heavy atom. The zero-order chi connectivity index (χ0) is 70.1. The van der Waals surface area contributed by atoms with Crippen molar-refractivity contribution in [3.63, 3.8) is 0 Å². The van der Waals surface area contributed by atoms with Crippen LogP contribution < -0.4 is 82.7 Å². The third-order valence-corrected chi connectivity index (χ3v) is 16.7. The van der Waals surface area contributed by atoms with Crippen LogP contribution in [0.25, 0.3) is 0 Å². The molecule has 0 saturated carbocycles. The van der Waals surface area contributed by atoms with Crippen LogP contribution in [0, 0.1) is 5.92 Å². The lowest BCUT2D eigenvalue weighted by Crippen LogP contribution is -2.60. The zero-order valence-electron chi connectivity index (χ0n) is 54.5. The molecule has 0 radical (unpaired) electrons. The summed E-state index contributed by atoms with van der Waals surface area (Å²) in [5.41, 5.74) is 40.6. The van der Waals surface area contributed by atoms with Crippen molar-refractivity contribution in [3.8, 4) is 0 Å². The molecule has 0 unspecified atom stereocenters. The van der Waals surface area contributed by atoms with Crippen LogP contribution in [0.2, 0.25) is 0 Å². The molecule has 0 bridgehead atoms. The minimum absolute atomic E-state index is 0.0736. The average Bonchev–Trinajstić information content (AvgIpc) is 1.74. The van der Waals surface area contributed by atoms with Gasteiger partial charge in [0, 0.05) is 45.3 Å². The highest BCUT2D eigenvalue weighted by Gasteiger charge is 2.42. The van der Waals surface area contributed by atoms with E-state index in [0.29, 0.717) is 55.4 Å². The second kappa shape index (κ2) is 41.0. The second-order valence-corrected chi connectivity index (χ2v) is 25.1. The van der Waals surface area contributed by atoms with Gasteiger partial charge in [0.2, 0.25) is 76.8 Å². The van der Waals surface area contributed by atoms with Crippen LogP contribution in [0.5, 0.6) is 0 Å². The molecule has 32 heteroatoms. The fraction of sp³-hybridized carbons (Fsp3) is 0.587. The molecule has 2 saturated heterocycles. The number of likely N-dealkylation sites (tertiary alicyclic amines) is 2. The van der Waals surface area contributed by atoms with Crippen LogP contribution >= 0.6 is 11.8 Å². The van der Waals surface area contributed by atoms with Gasteiger partial charge >= 0.3 is 0 Å². The Bertz CT molecular complexity index is 2960. The SMILES string of the molecule is CSCC[C@H](NC(=O)[C@@H](CC(C)C)NC(=O)CNC(=O)[C@H](Cc1ccccc1)NC(=O)[C@H](Cc1ccccc1)NC(=O)[C@@H](CCC(N)=O)NC(=O)[C@@H](CCC(N)=O)NC(=O)[C@@H]1CCCN1C(=O)[C@@H](CCCCN)NC(=O)[C@@H]1CCCN1C(=O)[C@H](N)CCCN=C(N)N)C(N)=O. The third-order valence-electron chi connectivity index (χ3n) is 16.0. The highest BCUT2D eigenvalue weighted by Crippen LogP contribution is 2.24. The molecule has 2 aromatic rings. The van der Waals surface area contributed by atoms with Gasteiger partial charge in [-0.2, -0.15) is 11.8 Å². The molecule has 10 atom stereocenters. The zero-order valence-corrected chi connectivity index (χ0v) is 55.3. The van der Waals surface area contributed by atoms with Gasteiger partial charge in [0.25, 0.3) is 0 Å². The number of nitrogens with one attached hydrogen (secondary N) is 8. The number of benzene rings is 2. The van der Waals surface area contributed by atoms with E-state index in [4.69, 9.17) is 40.1 Å². The van der Waals surface area contributed by atoms with Gasteiger partial charge in [-0.15, -0.1) is 0 Å². The second-order valence-electron chi connectivity index (χ2n) is 24.1. The van der Waals surface area contributed by atoms with Crippen LogP contribution in [-0.4, -0.2) is 198 Å². The van der Waals surface area contributed by atoms with Crippen molar-refractivity contribution in [3.05, 3.63) is 71.8 Å². The number of unbranched alkanes of at least 4 members (excludes halogenated alkanes) is 1. The molecule has 95 heavy (non-hydrogen) atoms. The fourth-order valence-corrected chi connectivity index (χ4v) is 11.5. The van der Waals surface area contributed by atoms with Crippen molar-refractivity contribution in [2.24, 2.45) is 51.0 Å². The summed E-state index contributed by atoms with van der Waals surface area (Å²) in [6.45, 7) is 3.86. The number of nitrogens with zero attached hydrogens (tertiary/aromatic N) is 3. The number of hydrogen-bond acceptors (Lipinski definition) is 17. The molecule has 0 aliphatic carbocycles. The molecule has 2 aliphatic rings. The van der Waals surface area contributed by atoms with Crippen molar-refractivity contribution in [2.75, 3.05) is 44.7 Å². The summed E-state index contributed by atoms with van der Waals surface area (Å²) in [5, 5.41) is 21.1. The van der Waals surface area contributed by atoms with Crippen LogP contribution in [0.4, 0.5) is 0 Å². The molecular formula is C63H98N18O13S. The van der Waals surface area contributed by atoms with Crippen molar-refractivity contribution in [2.45, 2.75) is 183 Å². The first-order chi connectivity index (χ1) is 45.2. The Labute approximate surface area is 558 Å². The number of carbonyl (C=O) groups excluding carboxylic acids is 13. The molecule has 0 aromatic heterocycles. The van der Waals surface area contributed by atoms with Crippen LogP contribution in [0.15, 0.2) is 65.7 Å². The number of amides is 13. The summed E-state index contributed by atoms with van der Waals surface area (Å²) in [6.07, 6.45) is 3.12. The Morgan fingerprint density at radius 1 is 0.537 bits per heavy atom. The number of guanidine groups is 1. The topological polar surface area (TPSA) is 519 Å². The standard InChI is InChI=1S/C63H98N18O13S/c1-37(2)33-45(57(89)74-41(53(68)85)27-32-95-3)73-52(84)36-72-54(86)46(34-38-15-6-4-7-16-38)78-58(90)47(35-39-17-8-5-9-18-39)79-56(88)42(23-25-50(66)82)75-55(87)43(24-26-51(67)83)76-59(91)49-22-14-31-81(49)62(94)44(20-10-11-28-64)77-60(92)48-21-13-30-80(48)61(93)40(65)19-12-29-71-63(69)70/h4-9,15-18,37,40-49H,10-14,19-36,64-65H2,1-3H3,(H2,66,82)(H2,67,83)(H2,68,85)(H,72,86)(H,73,84)(H,74,89)(H,75,87)(H,76,91)(H,77,92)(H,78,90)(H,79,88)(H4,69,70,71)/t40-,41+,42-,43-,44-,45-,46+,47+,48+,49+/m1/s1. The van der Waals surface area contributed by atoms with Gasteiger partial charge in [0.1, 0.15) is 54.4 Å². The molecule has 2 fully saturated rings. The number of carbonyl (C=O) groups is 13. The lowest BCUT2D eigenvalue weighted by atomic mass is 10.0. The highest BCUT2D eigenvalue weighted by atomic mass is 32.2. The van der Waals surface area contributed by atoms with Gasteiger partial charge in [-0.05, 0) is 119 Å². The van der Waals surface area contributed by atoms with Crippen LogP contribution in [0.1, 0.15) is 121 Å². The molecule has 0 spiro atoms. The van der Waals surface area contributed by atoms with Gasteiger partial charge < -0.3 is 92.5 Å². The van der Waals surface area contributed by atoms with Gasteiger partial charge in [-0.25, -0.2) is 0 Å². The van der Waals surface area contributed by atoms with Crippen molar-refractivity contribution in [1.29, 1.82) is 0 Å². The Kier molecular flexibility index (Phi) is 33.9. The van der Waals surface area contributed by atoms with E-state index >= 15 is 0 Å². The maximum atomic E-state index is 14.7. The minimum atomic E-state index is -1.64. The Balaban J connectivity index is 1.56. The summed E-state index contributed by atoms with van der Waals surface area (Å²) in [5.74, 6) is -9.80. The summed E-state index contributed by atoms with van der Waals surface area (Å²) < 4.78 is 0. The van der Waals surface area contributed by atoms with E-state index in [-0.39, 0.29) is 83.0 Å². The first kappa shape index (κ1) is 78.5. The van der Waals surface area contributed by atoms with E-state index in [0.717, 1.165) is 0 Å². The number of nitrogens with two attached hydrogens (primary N) is 7. The molecule has 524 valence electrons. The maximum absolute atomic E-state index is 14.7. The Morgan fingerprint density at radius 3 is 1.51 bits per heavy atom. The molecule has 22 N–H and O–H groups in total. The summed E-state index contributed by atoms with van der Waals surface area (Å²) in [4.78, 5) is 185. The summed E-state index contributed by atoms with van der Waals surface area (Å²) in [7, 11) is 0. The third kappa shape index (κ3) is 27.5. The normalized spacial score (nSPS) is 16.8. The average molecular weight is 1350 g/mol. The maximum Gasteiger partial charge on any atom is 0.245 e. The van der Waals surface area contributed by atoms with Crippen molar-refractivity contribution in [1.82, 2.24) is 52.3 Å². The monoisotopic (exact) mass is 1350 g/mol. The van der Waals surface area contributed by atoms with E-state index in [1.54, 1.807) is 60.7 Å². The van der Waals surface area contributed by atoms with Gasteiger partial charge in [-0.1, -0.05) is 74.5 Å². The smallest absolute Gasteiger partial charge is 0.245 e.